The van der Waals surface area contributed by atoms with Crippen LogP contribution in [0, 0.1) is 5.92 Å². The van der Waals surface area contributed by atoms with Gasteiger partial charge in [-0.15, -0.1) is 11.3 Å². The van der Waals surface area contributed by atoms with E-state index in [1.165, 1.54) is 11.3 Å². The minimum atomic E-state index is -0.0786. The molecule has 2 aromatic rings. The Morgan fingerprint density at radius 3 is 2.80 bits per heavy atom. The van der Waals surface area contributed by atoms with Crippen molar-refractivity contribution in [3.8, 4) is 10.6 Å². The first kappa shape index (κ1) is 13.8. The molecule has 0 saturated heterocycles. The van der Waals surface area contributed by atoms with E-state index in [0.717, 1.165) is 17.0 Å². The molecule has 0 spiro atoms. The van der Waals surface area contributed by atoms with Gasteiger partial charge in [-0.1, -0.05) is 29.3 Å². The fourth-order valence-electron chi connectivity index (χ4n) is 1.83. The van der Waals surface area contributed by atoms with E-state index in [9.17, 15) is 4.79 Å². The van der Waals surface area contributed by atoms with E-state index in [0.29, 0.717) is 15.9 Å². The minimum absolute atomic E-state index is 0.0109. The molecule has 1 aromatic carbocycles. The second-order valence-electron chi connectivity index (χ2n) is 4.66. The van der Waals surface area contributed by atoms with Gasteiger partial charge in [-0.3, -0.25) is 4.79 Å². The summed E-state index contributed by atoms with van der Waals surface area (Å²) in [4.78, 5) is 16.1. The smallest absolute Gasteiger partial charge is 0.230 e. The number of benzene rings is 1. The van der Waals surface area contributed by atoms with Crippen molar-refractivity contribution in [2.75, 3.05) is 5.32 Å². The third-order valence-corrected chi connectivity index (χ3v) is 4.73. The summed E-state index contributed by atoms with van der Waals surface area (Å²) < 4.78 is 0. The summed E-state index contributed by atoms with van der Waals surface area (Å²) in [5, 5.41) is 6.33. The highest BCUT2D eigenvalue weighted by molar-refractivity contribution is 7.13. The number of carbonyl (C=O) groups excluding carboxylic acids is 1. The van der Waals surface area contributed by atoms with Crippen LogP contribution in [-0.2, 0) is 4.79 Å². The summed E-state index contributed by atoms with van der Waals surface area (Å²) >= 11 is 13.3. The van der Waals surface area contributed by atoms with Crippen LogP contribution in [0.1, 0.15) is 6.42 Å². The number of nitrogens with one attached hydrogen (secondary N) is 1. The fraction of sp³-hybridized carbons (Fsp3) is 0.231. The van der Waals surface area contributed by atoms with Crippen LogP contribution in [0.25, 0.3) is 10.6 Å². The van der Waals surface area contributed by atoms with Gasteiger partial charge < -0.3 is 11.1 Å². The highest BCUT2D eigenvalue weighted by Gasteiger charge is 2.40. The lowest BCUT2D eigenvalue weighted by Crippen LogP contribution is -2.18. The number of anilines is 1. The molecule has 1 heterocycles. The van der Waals surface area contributed by atoms with E-state index >= 15 is 0 Å². The number of amides is 1. The van der Waals surface area contributed by atoms with E-state index in [-0.39, 0.29) is 17.9 Å². The zero-order valence-electron chi connectivity index (χ0n) is 10.3. The normalized spacial score (nSPS) is 20.8. The summed E-state index contributed by atoms with van der Waals surface area (Å²) in [5.41, 5.74) is 6.51. The van der Waals surface area contributed by atoms with Gasteiger partial charge in [-0.2, -0.15) is 0 Å². The second-order valence-corrected chi connectivity index (χ2v) is 6.33. The second kappa shape index (κ2) is 5.33. The summed E-state index contributed by atoms with van der Waals surface area (Å²) in [5.74, 6) is 0.397. The molecule has 0 unspecified atom stereocenters. The summed E-state index contributed by atoms with van der Waals surface area (Å²) in [6.07, 6.45) is 0.746. The predicted molar refractivity (Wildman–Crippen MR) is 82.3 cm³/mol. The lowest BCUT2D eigenvalue weighted by Gasteiger charge is -2.00. The SMILES string of the molecule is N[C@H]1C[C@H]1C(=O)Nc1csc(-c2ccc(Cl)c(Cl)c2)n1. The van der Waals surface area contributed by atoms with Gasteiger partial charge >= 0.3 is 0 Å². The number of nitrogens with two attached hydrogens (primary N) is 1. The number of aromatic nitrogens is 1. The van der Waals surface area contributed by atoms with Crippen molar-refractivity contribution in [2.45, 2.75) is 12.5 Å². The van der Waals surface area contributed by atoms with Crippen LogP contribution < -0.4 is 11.1 Å². The van der Waals surface area contributed by atoms with Crippen LogP contribution in [0.4, 0.5) is 5.82 Å². The molecule has 1 amide bonds. The standard InChI is InChI=1S/C13H11Cl2N3OS/c14-8-2-1-6(3-9(8)15)13-18-11(5-20-13)17-12(19)7-4-10(7)16/h1-3,5,7,10H,4,16H2,(H,17,19)/t7-,10+/m1/s1. The van der Waals surface area contributed by atoms with Crippen molar-refractivity contribution in [3.05, 3.63) is 33.6 Å². The zero-order valence-corrected chi connectivity index (χ0v) is 12.6. The lowest BCUT2D eigenvalue weighted by atomic mass is 10.2. The zero-order chi connectivity index (χ0) is 14.3. The van der Waals surface area contributed by atoms with Gasteiger partial charge in [-0.05, 0) is 18.6 Å². The van der Waals surface area contributed by atoms with Gasteiger partial charge in [0.1, 0.15) is 10.8 Å². The van der Waals surface area contributed by atoms with Crippen molar-refractivity contribution in [1.82, 2.24) is 4.98 Å². The monoisotopic (exact) mass is 327 g/mol. The lowest BCUT2D eigenvalue weighted by molar-refractivity contribution is -0.117. The molecule has 1 aliphatic carbocycles. The van der Waals surface area contributed by atoms with Gasteiger partial charge in [0.05, 0.1) is 16.0 Å². The van der Waals surface area contributed by atoms with E-state index in [1.54, 1.807) is 17.5 Å². The quantitative estimate of drug-likeness (QED) is 0.907. The molecule has 4 nitrogen and oxygen atoms in total. The Balaban J connectivity index is 1.76. The molecule has 1 aromatic heterocycles. The maximum atomic E-state index is 11.8. The molecule has 3 rings (SSSR count). The number of hydrogen-bond donors (Lipinski definition) is 2. The maximum absolute atomic E-state index is 11.8. The van der Waals surface area contributed by atoms with Crippen LogP contribution in [-0.4, -0.2) is 16.9 Å². The van der Waals surface area contributed by atoms with Crippen LogP contribution >= 0.6 is 34.5 Å². The Labute approximate surface area is 129 Å². The van der Waals surface area contributed by atoms with E-state index in [4.69, 9.17) is 28.9 Å². The van der Waals surface area contributed by atoms with Crippen molar-refractivity contribution in [3.63, 3.8) is 0 Å². The first-order valence-electron chi connectivity index (χ1n) is 6.02. The number of rotatable bonds is 3. The molecule has 0 bridgehead atoms. The van der Waals surface area contributed by atoms with Crippen LogP contribution in [0.2, 0.25) is 10.0 Å². The molecule has 1 fully saturated rings. The molecule has 20 heavy (non-hydrogen) atoms. The van der Waals surface area contributed by atoms with Crippen molar-refractivity contribution >= 4 is 46.3 Å². The third-order valence-electron chi connectivity index (χ3n) is 3.10. The number of hydrogen-bond acceptors (Lipinski definition) is 4. The Hall–Kier alpha value is -1.14. The molecular formula is C13H11Cl2N3OS. The molecule has 1 saturated carbocycles. The number of thiazole rings is 1. The van der Waals surface area contributed by atoms with Gasteiger partial charge in [0.2, 0.25) is 5.91 Å². The average Bonchev–Trinajstić information content (AvgIpc) is 2.97. The third kappa shape index (κ3) is 2.81. The van der Waals surface area contributed by atoms with Crippen LogP contribution in [0.15, 0.2) is 23.6 Å². The van der Waals surface area contributed by atoms with E-state index in [1.807, 2.05) is 6.07 Å². The molecule has 104 valence electrons. The minimum Gasteiger partial charge on any atom is -0.327 e. The van der Waals surface area contributed by atoms with E-state index < -0.39 is 0 Å². The summed E-state index contributed by atoms with van der Waals surface area (Å²) in [7, 11) is 0. The predicted octanol–water partition coefficient (Wildman–Crippen LogP) is 3.40. The first-order chi connectivity index (χ1) is 9.54. The first-order valence-corrected chi connectivity index (χ1v) is 7.65. The average molecular weight is 328 g/mol. The van der Waals surface area contributed by atoms with Crippen LogP contribution in [0.5, 0.6) is 0 Å². The Bertz CT molecular complexity index is 673. The topological polar surface area (TPSA) is 68.0 Å². The largest absolute Gasteiger partial charge is 0.327 e. The van der Waals surface area contributed by atoms with E-state index in [2.05, 4.69) is 10.3 Å². The van der Waals surface area contributed by atoms with Crippen molar-refractivity contribution < 1.29 is 4.79 Å². The summed E-state index contributed by atoms with van der Waals surface area (Å²) in [6, 6.07) is 5.31. The highest BCUT2D eigenvalue weighted by atomic mass is 35.5. The molecule has 3 N–H and O–H groups in total. The van der Waals surface area contributed by atoms with Crippen molar-refractivity contribution in [1.29, 1.82) is 0 Å². The van der Waals surface area contributed by atoms with Gasteiger partial charge in [0.25, 0.3) is 0 Å². The van der Waals surface area contributed by atoms with Gasteiger partial charge in [0.15, 0.2) is 0 Å². The summed E-state index contributed by atoms with van der Waals surface area (Å²) in [6.45, 7) is 0. The van der Waals surface area contributed by atoms with Gasteiger partial charge in [0, 0.05) is 17.0 Å². The fourth-order valence-corrected chi connectivity index (χ4v) is 2.88. The molecule has 0 radical (unpaired) electrons. The Morgan fingerprint density at radius 1 is 1.40 bits per heavy atom. The molecule has 7 heteroatoms. The number of halogens is 2. The van der Waals surface area contributed by atoms with Gasteiger partial charge in [-0.25, -0.2) is 4.98 Å². The highest BCUT2D eigenvalue weighted by Crippen LogP contribution is 2.32. The Kier molecular flexibility index (Phi) is 3.69. The maximum Gasteiger partial charge on any atom is 0.230 e. The molecule has 2 atom stereocenters. The number of carbonyl (C=O) groups is 1. The van der Waals surface area contributed by atoms with Crippen molar-refractivity contribution in [2.24, 2.45) is 11.7 Å². The molecular weight excluding hydrogens is 317 g/mol. The Morgan fingerprint density at radius 2 is 2.15 bits per heavy atom. The molecule has 0 aliphatic heterocycles. The number of nitrogens with zero attached hydrogens (tertiary/aromatic N) is 1. The molecule has 1 aliphatic rings. The van der Waals surface area contributed by atoms with Crippen LogP contribution in [0.3, 0.4) is 0 Å².